The molecule has 0 spiro atoms. The molecule has 1 atom stereocenters. The Kier molecular flexibility index (Phi) is 4.01. The number of carboxylic acid groups (broad SMARTS) is 1. The quantitative estimate of drug-likeness (QED) is 0.823. The molecule has 0 aliphatic carbocycles. The van der Waals surface area contributed by atoms with Crippen LogP contribution in [0.25, 0.3) is 0 Å². The molecule has 0 saturated carbocycles. The molecule has 0 fully saturated rings. The summed E-state index contributed by atoms with van der Waals surface area (Å²) in [6, 6.07) is 2.82. The van der Waals surface area contributed by atoms with Gasteiger partial charge in [0.25, 0.3) is 0 Å². The number of rotatable bonds is 5. The van der Waals surface area contributed by atoms with Crippen LogP contribution in [-0.2, 0) is 4.79 Å². The molecule has 0 bridgehead atoms. The van der Waals surface area contributed by atoms with Crippen molar-refractivity contribution in [2.75, 3.05) is 13.7 Å². The second kappa shape index (κ2) is 5.09. The summed E-state index contributed by atoms with van der Waals surface area (Å²) in [5.41, 5.74) is -1.33. The molecule has 0 aromatic heterocycles. The van der Waals surface area contributed by atoms with E-state index in [0.29, 0.717) is 6.07 Å². The number of nitrogens with one attached hydrogen (secondary N) is 1. The number of benzene rings is 1. The molecular formula is C11H13F2NO3. The van der Waals surface area contributed by atoms with Crippen molar-refractivity contribution in [2.45, 2.75) is 12.5 Å². The van der Waals surface area contributed by atoms with Crippen LogP contribution < -0.4 is 10.1 Å². The Hall–Kier alpha value is -1.69. The number of carboxylic acids is 1. The van der Waals surface area contributed by atoms with Crippen molar-refractivity contribution in [3.63, 3.8) is 0 Å². The Morgan fingerprint density at radius 3 is 2.65 bits per heavy atom. The molecule has 0 aliphatic rings. The van der Waals surface area contributed by atoms with Crippen molar-refractivity contribution < 1.29 is 23.4 Å². The molecule has 0 aliphatic heterocycles. The van der Waals surface area contributed by atoms with Gasteiger partial charge in [-0.25, -0.2) is 8.78 Å². The third kappa shape index (κ3) is 3.13. The van der Waals surface area contributed by atoms with Gasteiger partial charge in [0.05, 0.1) is 0 Å². The number of halogens is 2. The lowest BCUT2D eigenvalue weighted by atomic mass is 10.1. The van der Waals surface area contributed by atoms with Crippen molar-refractivity contribution in [3.05, 3.63) is 29.8 Å². The van der Waals surface area contributed by atoms with E-state index in [9.17, 15) is 13.6 Å². The lowest BCUT2D eigenvalue weighted by molar-refractivity contribution is -0.145. The van der Waals surface area contributed by atoms with Crippen molar-refractivity contribution in [1.29, 1.82) is 0 Å². The summed E-state index contributed by atoms with van der Waals surface area (Å²) in [6.07, 6.45) is 0. The van der Waals surface area contributed by atoms with Gasteiger partial charge in [-0.15, -0.1) is 0 Å². The molecule has 0 heterocycles. The van der Waals surface area contributed by atoms with Gasteiger partial charge >= 0.3 is 5.97 Å². The van der Waals surface area contributed by atoms with Crippen molar-refractivity contribution in [1.82, 2.24) is 5.32 Å². The zero-order valence-corrected chi connectivity index (χ0v) is 9.46. The van der Waals surface area contributed by atoms with Crippen LogP contribution in [0.5, 0.6) is 5.75 Å². The molecule has 4 nitrogen and oxygen atoms in total. The van der Waals surface area contributed by atoms with E-state index < -0.39 is 23.1 Å². The van der Waals surface area contributed by atoms with E-state index in [2.05, 4.69) is 5.32 Å². The third-order valence-electron chi connectivity index (χ3n) is 2.43. The number of hydrogen-bond acceptors (Lipinski definition) is 3. The van der Waals surface area contributed by atoms with Gasteiger partial charge in [0, 0.05) is 6.07 Å². The first-order valence-corrected chi connectivity index (χ1v) is 4.89. The van der Waals surface area contributed by atoms with E-state index in [4.69, 9.17) is 9.84 Å². The number of hydrogen-bond donors (Lipinski definition) is 2. The average Bonchev–Trinajstić information content (AvgIpc) is 2.27. The first kappa shape index (κ1) is 13.4. The van der Waals surface area contributed by atoms with Gasteiger partial charge in [-0.3, -0.25) is 4.79 Å². The van der Waals surface area contributed by atoms with Crippen LogP contribution >= 0.6 is 0 Å². The van der Waals surface area contributed by atoms with Crippen LogP contribution in [0.15, 0.2) is 18.2 Å². The topological polar surface area (TPSA) is 58.6 Å². The smallest absolute Gasteiger partial charge is 0.327 e. The first-order valence-electron chi connectivity index (χ1n) is 4.89. The summed E-state index contributed by atoms with van der Waals surface area (Å²) < 4.78 is 30.8. The van der Waals surface area contributed by atoms with E-state index >= 15 is 0 Å². The minimum Gasteiger partial charge on any atom is -0.488 e. The minimum absolute atomic E-state index is 0.186. The SMILES string of the molecule is CNC(C)(COc1ccc(F)cc1F)C(=O)O. The summed E-state index contributed by atoms with van der Waals surface area (Å²) in [4.78, 5) is 10.9. The lowest BCUT2D eigenvalue weighted by Gasteiger charge is -2.24. The summed E-state index contributed by atoms with van der Waals surface area (Å²) in [5, 5.41) is 11.5. The van der Waals surface area contributed by atoms with Crippen LogP contribution in [0.3, 0.4) is 0 Å². The second-order valence-electron chi connectivity index (χ2n) is 3.75. The van der Waals surface area contributed by atoms with Crippen molar-refractivity contribution in [3.8, 4) is 5.75 Å². The predicted molar refractivity (Wildman–Crippen MR) is 57.0 cm³/mol. The van der Waals surface area contributed by atoms with Crippen LogP contribution in [0.2, 0.25) is 0 Å². The Bertz CT molecular complexity index is 425. The molecule has 1 aromatic rings. The highest BCUT2D eigenvalue weighted by Crippen LogP contribution is 2.19. The maximum absolute atomic E-state index is 13.2. The number of aliphatic carboxylic acids is 1. The fraction of sp³-hybridized carbons (Fsp3) is 0.364. The third-order valence-corrected chi connectivity index (χ3v) is 2.43. The van der Waals surface area contributed by atoms with Crippen LogP contribution in [-0.4, -0.2) is 30.3 Å². The fourth-order valence-corrected chi connectivity index (χ4v) is 1.06. The summed E-state index contributed by atoms with van der Waals surface area (Å²) in [7, 11) is 1.46. The highest BCUT2D eigenvalue weighted by atomic mass is 19.1. The van der Waals surface area contributed by atoms with Crippen LogP contribution in [0.4, 0.5) is 8.78 Å². The Balaban J connectivity index is 2.76. The largest absolute Gasteiger partial charge is 0.488 e. The van der Waals surface area contributed by atoms with Gasteiger partial charge in [0.15, 0.2) is 11.6 Å². The summed E-state index contributed by atoms with van der Waals surface area (Å²) in [6.45, 7) is 1.12. The number of carbonyl (C=O) groups is 1. The molecule has 94 valence electrons. The van der Waals surface area contributed by atoms with E-state index in [1.54, 1.807) is 0 Å². The van der Waals surface area contributed by atoms with Gasteiger partial charge < -0.3 is 15.2 Å². The first-order chi connectivity index (χ1) is 7.89. The van der Waals surface area contributed by atoms with Gasteiger partial charge in [0.1, 0.15) is 18.0 Å². The fourth-order valence-electron chi connectivity index (χ4n) is 1.06. The summed E-state index contributed by atoms with van der Waals surface area (Å²) in [5.74, 6) is -2.89. The minimum atomic E-state index is -1.33. The molecule has 1 unspecified atom stereocenters. The number of ether oxygens (including phenoxy) is 1. The molecule has 6 heteroatoms. The van der Waals surface area contributed by atoms with E-state index in [1.165, 1.54) is 14.0 Å². The van der Waals surface area contributed by atoms with E-state index in [0.717, 1.165) is 12.1 Å². The zero-order valence-electron chi connectivity index (χ0n) is 9.46. The second-order valence-corrected chi connectivity index (χ2v) is 3.75. The molecule has 2 N–H and O–H groups in total. The monoisotopic (exact) mass is 245 g/mol. The van der Waals surface area contributed by atoms with Crippen LogP contribution in [0, 0.1) is 11.6 Å². The molecule has 0 radical (unpaired) electrons. The predicted octanol–water partition coefficient (Wildman–Crippen LogP) is 1.41. The molecule has 0 amide bonds. The summed E-state index contributed by atoms with van der Waals surface area (Å²) >= 11 is 0. The van der Waals surface area contributed by atoms with Gasteiger partial charge in [-0.1, -0.05) is 0 Å². The Labute approximate surface area is 97.2 Å². The molecule has 1 aromatic carbocycles. The highest BCUT2D eigenvalue weighted by Gasteiger charge is 2.32. The highest BCUT2D eigenvalue weighted by molar-refractivity contribution is 5.78. The van der Waals surface area contributed by atoms with Crippen molar-refractivity contribution in [2.24, 2.45) is 0 Å². The molecule has 17 heavy (non-hydrogen) atoms. The Morgan fingerprint density at radius 1 is 1.53 bits per heavy atom. The standard InChI is InChI=1S/C11H13F2NO3/c1-11(14-2,10(15)16)6-17-9-4-3-7(12)5-8(9)13/h3-5,14H,6H2,1-2H3,(H,15,16). The van der Waals surface area contributed by atoms with Gasteiger partial charge in [0.2, 0.25) is 0 Å². The lowest BCUT2D eigenvalue weighted by Crippen LogP contribution is -2.52. The average molecular weight is 245 g/mol. The van der Waals surface area contributed by atoms with Crippen LogP contribution in [0.1, 0.15) is 6.92 Å². The maximum atomic E-state index is 13.2. The molecule has 1 rings (SSSR count). The molecular weight excluding hydrogens is 232 g/mol. The van der Waals surface area contributed by atoms with E-state index in [1.807, 2.05) is 0 Å². The van der Waals surface area contributed by atoms with Gasteiger partial charge in [-0.05, 0) is 26.1 Å². The van der Waals surface area contributed by atoms with Crippen molar-refractivity contribution >= 4 is 5.97 Å². The number of likely N-dealkylation sites (N-methyl/N-ethyl adjacent to an activating group) is 1. The van der Waals surface area contributed by atoms with Gasteiger partial charge in [-0.2, -0.15) is 0 Å². The van der Waals surface area contributed by atoms with E-state index in [-0.39, 0.29) is 12.4 Å². The maximum Gasteiger partial charge on any atom is 0.327 e. The normalized spacial score (nSPS) is 14.1. The zero-order chi connectivity index (χ0) is 13.1. The Morgan fingerprint density at radius 2 is 2.18 bits per heavy atom. The molecule has 0 saturated heterocycles.